The van der Waals surface area contributed by atoms with Crippen molar-refractivity contribution in [2.24, 2.45) is 5.73 Å². The van der Waals surface area contributed by atoms with Crippen LogP contribution in [0.4, 0.5) is 0 Å². The van der Waals surface area contributed by atoms with Crippen molar-refractivity contribution in [3.63, 3.8) is 0 Å². The number of hydrogen-bond acceptors (Lipinski definition) is 3. The zero-order chi connectivity index (χ0) is 14.4. The summed E-state index contributed by atoms with van der Waals surface area (Å²) >= 11 is 0. The van der Waals surface area contributed by atoms with E-state index in [2.05, 4.69) is 17.9 Å². The van der Waals surface area contributed by atoms with E-state index in [1.54, 1.807) is 0 Å². The first-order chi connectivity index (χ1) is 9.76. The van der Waals surface area contributed by atoms with E-state index in [0.29, 0.717) is 12.6 Å². The first kappa shape index (κ1) is 15.3. The van der Waals surface area contributed by atoms with E-state index in [1.807, 2.05) is 25.1 Å². The molecular formula is C17H28N2O. The molecule has 1 fully saturated rings. The third kappa shape index (κ3) is 3.74. The van der Waals surface area contributed by atoms with Crippen LogP contribution in [0.1, 0.15) is 51.1 Å². The minimum atomic E-state index is 0.0323. The van der Waals surface area contributed by atoms with E-state index < -0.39 is 0 Å². The fraction of sp³-hybridized carbons (Fsp3) is 0.647. The van der Waals surface area contributed by atoms with Crippen molar-refractivity contribution in [1.29, 1.82) is 0 Å². The second kappa shape index (κ2) is 7.65. The van der Waals surface area contributed by atoms with Crippen LogP contribution in [0.25, 0.3) is 0 Å². The highest BCUT2D eigenvalue weighted by atomic mass is 16.5. The third-order valence-corrected chi connectivity index (χ3v) is 4.27. The minimum Gasteiger partial charge on any atom is -0.494 e. The molecular weight excluding hydrogens is 248 g/mol. The first-order valence-corrected chi connectivity index (χ1v) is 7.97. The van der Waals surface area contributed by atoms with Crippen molar-refractivity contribution in [2.75, 3.05) is 19.7 Å². The van der Waals surface area contributed by atoms with E-state index in [-0.39, 0.29) is 6.04 Å². The SMILES string of the molecule is CCOc1ccccc1C(N)CN1CCCCC1CC. The normalized spacial score (nSPS) is 21.6. The van der Waals surface area contributed by atoms with Gasteiger partial charge in [-0.1, -0.05) is 31.5 Å². The molecule has 0 amide bonds. The molecule has 2 rings (SSSR count). The van der Waals surface area contributed by atoms with Crippen LogP contribution < -0.4 is 10.5 Å². The lowest BCUT2D eigenvalue weighted by Crippen LogP contribution is -2.43. The molecule has 2 atom stereocenters. The summed E-state index contributed by atoms with van der Waals surface area (Å²) in [6.07, 6.45) is 5.20. The van der Waals surface area contributed by atoms with Crippen molar-refractivity contribution in [1.82, 2.24) is 4.90 Å². The van der Waals surface area contributed by atoms with Gasteiger partial charge < -0.3 is 10.5 Å². The number of piperidine rings is 1. The number of benzene rings is 1. The molecule has 0 aliphatic carbocycles. The molecule has 0 aromatic heterocycles. The predicted molar refractivity (Wildman–Crippen MR) is 84.0 cm³/mol. The molecule has 2 unspecified atom stereocenters. The Bertz CT molecular complexity index is 408. The average molecular weight is 276 g/mol. The average Bonchev–Trinajstić information content (AvgIpc) is 2.48. The van der Waals surface area contributed by atoms with Gasteiger partial charge in [-0.25, -0.2) is 0 Å². The molecule has 3 nitrogen and oxygen atoms in total. The topological polar surface area (TPSA) is 38.5 Å². The number of rotatable bonds is 6. The van der Waals surface area contributed by atoms with E-state index in [1.165, 1.54) is 32.2 Å². The van der Waals surface area contributed by atoms with Gasteiger partial charge in [0.1, 0.15) is 5.75 Å². The lowest BCUT2D eigenvalue weighted by molar-refractivity contribution is 0.135. The number of likely N-dealkylation sites (tertiary alicyclic amines) is 1. The van der Waals surface area contributed by atoms with Gasteiger partial charge in [0.2, 0.25) is 0 Å². The molecule has 0 spiro atoms. The second-order valence-corrected chi connectivity index (χ2v) is 5.63. The summed E-state index contributed by atoms with van der Waals surface area (Å²) in [7, 11) is 0. The van der Waals surface area contributed by atoms with E-state index >= 15 is 0 Å². The highest BCUT2D eigenvalue weighted by molar-refractivity contribution is 5.36. The molecule has 1 aliphatic heterocycles. The first-order valence-electron chi connectivity index (χ1n) is 7.97. The molecule has 1 saturated heterocycles. The maximum Gasteiger partial charge on any atom is 0.124 e. The van der Waals surface area contributed by atoms with Crippen LogP contribution in [0.5, 0.6) is 5.75 Å². The summed E-state index contributed by atoms with van der Waals surface area (Å²) in [5, 5.41) is 0. The third-order valence-electron chi connectivity index (χ3n) is 4.27. The highest BCUT2D eigenvalue weighted by Gasteiger charge is 2.23. The Morgan fingerprint density at radius 1 is 1.30 bits per heavy atom. The Balaban J connectivity index is 2.05. The van der Waals surface area contributed by atoms with Crippen LogP contribution in [-0.4, -0.2) is 30.6 Å². The molecule has 20 heavy (non-hydrogen) atoms. The van der Waals surface area contributed by atoms with Crippen LogP contribution in [-0.2, 0) is 0 Å². The Hall–Kier alpha value is -1.06. The van der Waals surface area contributed by atoms with Crippen molar-refractivity contribution < 1.29 is 4.74 Å². The fourth-order valence-electron chi connectivity index (χ4n) is 3.19. The molecule has 1 aromatic carbocycles. The molecule has 3 heteroatoms. The summed E-state index contributed by atoms with van der Waals surface area (Å²) in [5.74, 6) is 0.938. The van der Waals surface area contributed by atoms with Crippen molar-refractivity contribution in [3.8, 4) is 5.75 Å². The van der Waals surface area contributed by atoms with Gasteiger partial charge in [-0.15, -0.1) is 0 Å². The summed E-state index contributed by atoms with van der Waals surface area (Å²) in [5.41, 5.74) is 7.59. The molecule has 0 bridgehead atoms. The number of para-hydroxylation sites is 1. The summed E-state index contributed by atoms with van der Waals surface area (Å²) in [6, 6.07) is 8.91. The van der Waals surface area contributed by atoms with Gasteiger partial charge in [0, 0.05) is 24.2 Å². The Kier molecular flexibility index (Phi) is 5.86. The van der Waals surface area contributed by atoms with Crippen molar-refractivity contribution in [2.45, 2.75) is 51.6 Å². The zero-order valence-corrected chi connectivity index (χ0v) is 12.8. The second-order valence-electron chi connectivity index (χ2n) is 5.63. The molecule has 1 heterocycles. The minimum absolute atomic E-state index is 0.0323. The van der Waals surface area contributed by atoms with Crippen LogP contribution in [0.2, 0.25) is 0 Å². The molecule has 1 aromatic rings. The van der Waals surface area contributed by atoms with Crippen molar-refractivity contribution >= 4 is 0 Å². The zero-order valence-electron chi connectivity index (χ0n) is 12.8. The maximum absolute atomic E-state index is 6.45. The fourth-order valence-corrected chi connectivity index (χ4v) is 3.19. The number of ether oxygens (including phenoxy) is 1. The monoisotopic (exact) mass is 276 g/mol. The summed E-state index contributed by atoms with van der Waals surface area (Å²) < 4.78 is 5.70. The van der Waals surface area contributed by atoms with Gasteiger partial charge in [-0.3, -0.25) is 4.90 Å². The van der Waals surface area contributed by atoms with Crippen LogP contribution >= 0.6 is 0 Å². The Morgan fingerprint density at radius 3 is 2.85 bits per heavy atom. The number of nitrogens with two attached hydrogens (primary N) is 1. The lowest BCUT2D eigenvalue weighted by atomic mass is 9.98. The Labute approximate surface area is 123 Å². The van der Waals surface area contributed by atoms with E-state index in [9.17, 15) is 0 Å². The maximum atomic E-state index is 6.45. The van der Waals surface area contributed by atoms with Gasteiger partial charge in [-0.2, -0.15) is 0 Å². The predicted octanol–water partition coefficient (Wildman–Crippen LogP) is 3.35. The molecule has 0 saturated carbocycles. The molecule has 1 aliphatic rings. The lowest BCUT2D eigenvalue weighted by Gasteiger charge is -2.37. The largest absolute Gasteiger partial charge is 0.494 e. The van der Waals surface area contributed by atoms with Crippen LogP contribution in [0.3, 0.4) is 0 Å². The van der Waals surface area contributed by atoms with Gasteiger partial charge in [0.05, 0.1) is 6.61 Å². The van der Waals surface area contributed by atoms with Gasteiger partial charge in [-0.05, 0) is 38.8 Å². The van der Waals surface area contributed by atoms with Gasteiger partial charge in [0.25, 0.3) is 0 Å². The van der Waals surface area contributed by atoms with Crippen LogP contribution in [0.15, 0.2) is 24.3 Å². The summed E-state index contributed by atoms with van der Waals surface area (Å²) in [6.45, 7) is 7.10. The number of hydrogen-bond donors (Lipinski definition) is 1. The molecule has 112 valence electrons. The smallest absolute Gasteiger partial charge is 0.124 e. The summed E-state index contributed by atoms with van der Waals surface area (Å²) in [4.78, 5) is 2.57. The van der Waals surface area contributed by atoms with E-state index in [0.717, 1.165) is 17.9 Å². The number of nitrogens with zero attached hydrogens (tertiary/aromatic N) is 1. The molecule has 2 N–H and O–H groups in total. The Morgan fingerprint density at radius 2 is 2.10 bits per heavy atom. The quantitative estimate of drug-likeness (QED) is 0.866. The van der Waals surface area contributed by atoms with Crippen molar-refractivity contribution in [3.05, 3.63) is 29.8 Å². The van der Waals surface area contributed by atoms with Gasteiger partial charge in [0.15, 0.2) is 0 Å². The highest BCUT2D eigenvalue weighted by Crippen LogP contribution is 2.27. The van der Waals surface area contributed by atoms with Gasteiger partial charge >= 0.3 is 0 Å². The van der Waals surface area contributed by atoms with E-state index in [4.69, 9.17) is 10.5 Å². The van der Waals surface area contributed by atoms with Crippen LogP contribution in [0, 0.1) is 0 Å². The molecule has 0 radical (unpaired) electrons. The standard InChI is InChI=1S/C17H28N2O/c1-3-14-9-7-8-12-19(14)13-16(18)15-10-5-6-11-17(15)20-4-2/h5-6,10-11,14,16H,3-4,7-9,12-13,18H2,1-2H3.